The van der Waals surface area contributed by atoms with Crippen LogP contribution in [0.1, 0.15) is 290 Å². The van der Waals surface area contributed by atoms with Crippen LogP contribution in [0.15, 0.2) is 0 Å². The molecule has 16 heteroatoms. The molecule has 0 aromatic carbocycles. The van der Waals surface area contributed by atoms with Gasteiger partial charge in [-0.25, -0.2) is 0 Å². The molecule has 4 unspecified atom stereocenters. The van der Waals surface area contributed by atoms with Gasteiger partial charge in [-0.3, -0.25) is 28.8 Å². The fraction of sp³-hybridized carbons (Fsp3) is 0.909. The van der Waals surface area contributed by atoms with E-state index in [1.54, 1.807) is 0 Å². The quantitative estimate of drug-likeness (QED) is 0.0192. The van der Waals surface area contributed by atoms with Crippen LogP contribution in [-0.2, 0) is 57.2 Å². The molecule has 16 nitrogen and oxygen atoms in total. The fourth-order valence-electron chi connectivity index (χ4n) is 9.63. The molecular formula is C66H126N2O14+2. The monoisotopic (exact) mass is 1170 g/mol. The predicted octanol–water partition coefficient (Wildman–Crippen LogP) is 13.9. The smallest absolute Gasteiger partial charge is 0.308 e. The normalized spacial score (nSPS) is 13.6. The van der Waals surface area contributed by atoms with Crippen molar-refractivity contribution in [3.05, 3.63) is 0 Å². The summed E-state index contributed by atoms with van der Waals surface area (Å²) < 4.78 is 35.0. The topological polar surface area (TPSA) is 198 Å². The average Bonchev–Trinajstić information content (AvgIpc) is 3.41. The third kappa shape index (κ3) is 52.2. The first-order valence-electron chi connectivity index (χ1n) is 33.3. The number of unbranched alkanes of at least 4 members (excludes halogenated alkanes) is 24. The highest BCUT2D eigenvalue weighted by Gasteiger charge is 2.25. The van der Waals surface area contributed by atoms with E-state index in [2.05, 4.69) is 20.8 Å². The zero-order valence-electron chi connectivity index (χ0n) is 54.1. The maximum atomic E-state index is 13.0. The molecule has 482 valence electrons. The number of aliphatic hydroxyl groups excluding tert-OH is 2. The second kappa shape index (κ2) is 52.0. The molecule has 0 fully saturated rings. The third-order valence-corrected chi connectivity index (χ3v) is 15.0. The van der Waals surface area contributed by atoms with Gasteiger partial charge in [0.1, 0.15) is 38.5 Å². The van der Waals surface area contributed by atoms with E-state index in [4.69, 9.17) is 28.4 Å². The lowest BCUT2D eigenvalue weighted by Crippen LogP contribution is -2.38. The molecule has 4 atom stereocenters. The number of quaternary nitrogens is 2. The second-order valence-corrected chi connectivity index (χ2v) is 25.4. The van der Waals surface area contributed by atoms with Crippen molar-refractivity contribution in [1.29, 1.82) is 0 Å². The summed E-state index contributed by atoms with van der Waals surface area (Å²) in [7, 11) is 12.2. The lowest BCUT2D eigenvalue weighted by Gasteiger charge is -2.23. The van der Waals surface area contributed by atoms with E-state index in [-0.39, 0.29) is 61.5 Å². The van der Waals surface area contributed by atoms with Crippen LogP contribution in [0.2, 0.25) is 0 Å². The molecule has 0 bridgehead atoms. The Morgan fingerprint density at radius 3 is 0.902 bits per heavy atom. The van der Waals surface area contributed by atoms with Gasteiger partial charge in [0.05, 0.1) is 54.5 Å². The van der Waals surface area contributed by atoms with Crippen molar-refractivity contribution in [1.82, 2.24) is 0 Å². The first kappa shape index (κ1) is 78.7. The minimum atomic E-state index is -0.847. The first-order valence-corrected chi connectivity index (χ1v) is 33.3. The van der Waals surface area contributed by atoms with Crippen molar-refractivity contribution < 1.29 is 76.4 Å². The Morgan fingerprint density at radius 2 is 0.561 bits per heavy atom. The molecule has 0 aromatic rings. The van der Waals surface area contributed by atoms with E-state index < -0.39 is 30.7 Å². The number of nitrogens with zero attached hydrogens (tertiary/aromatic N) is 2. The Hall–Kier alpha value is -3.34. The highest BCUT2D eigenvalue weighted by molar-refractivity contribution is 5.73. The predicted molar refractivity (Wildman–Crippen MR) is 326 cm³/mol. The molecule has 0 spiro atoms. The number of esters is 6. The maximum Gasteiger partial charge on any atom is 0.308 e. The van der Waals surface area contributed by atoms with Crippen LogP contribution in [0, 0.1) is 0 Å². The summed E-state index contributed by atoms with van der Waals surface area (Å²) >= 11 is 0. The number of hydrogen-bond donors (Lipinski definition) is 2. The zero-order chi connectivity index (χ0) is 61.1. The standard InChI is InChI=1S/C66H126N2O14/c1-10-13-16-17-22-31-38-51-66(81-64(75)45-36-29-25-20-18-23-27-34-41-56(69)58(43-32-14-11-2)79-62(73)49-39-47-60(71)77-54-52-67(4,5)6)82-65(76)46-37-30-26-21-19-24-28-35-42-57(70)59(44-33-15-12-3)80-63(74)50-40-48-61(72)78-55-53-68(7,8)9/h56-59,66,69-70H,10-55H2,1-9H3/q+2. The lowest BCUT2D eigenvalue weighted by atomic mass is 9.99. The molecule has 0 saturated heterocycles. The van der Waals surface area contributed by atoms with Crippen LogP contribution in [0.4, 0.5) is 0 Å². The van der Waals surface area contributed by atoms with Crippen LogP contribution in [0.3, 0.4) is 0 Å². The van der Waals surface area contributed by atoms with Crippen molar-refractivity contribution in [3.8, 4) is 0 Å². The lowest BCUT2D eigenvalue weighted by molar-refractivity contribution is -0.870. The van der Waals surface area contributed by atoms with Crippen molar-refractivity contribution in [2.45, 2.75) is 321 Å². The molecule has 82 heavy (non-hydrogen) atoms. The van der Waals surface area contributed by atoms with Crippen LogP contribution in [0.25, 0.3) is 0 Å². The molecule has 0 aromatic heterocycles. The Kier molecular flexibility index (Phi) is 49.9. The first-order chi connectivity index (χ1) is 39.2. The SMILES string of the molecule is CCCCCCCCCC(OC(=O)CCCCCCCCCCC(O)C(CCCCC)OC(=O)CCCC(=O)OCC[N+](C)(C)C)OC(=O)CCCCCCCCCCC(O)C(CCCCC)OC(=O)CCCC(=O)OCC[N+](C)(C)C. The summed E-state index contributed by atoms with van der Waals surface area (Å²) in [5, 5.41) is 22.0. The molecule has 0 aliphatic carbocycles. The highest BCUT2D eigenvalue weighted by Crippen LogP contribution is 2.22. The second-order valence-electron chi connectivity index (χ2n) is 25.4. The van der Waals surface area contributed by atoms with Crippen LogP contribution in [0.5, 0.6) is 0 Å². The van der Waals surface area contributed by atoms with Gasteiger partial charge in [0, 0.05) is 44.9 Å². The van der Waals surface area contributed by atoms with Gasteiger partial charge in [-0.05, 0) is 70.6 Å². The van der Waals surface area contributed by atoms with E-state index in [1.165, 1.54) is 25.7 Å². The van der Waals surface area contributed by atoms with Crippen LogP contribution >= 0.6 is 0 Å². The van der Waals surface area contributed by atoms with E-state index in [0.717, 1.165) is 174 Å². The number of likely N-dealkylation sites (N-methyl/N-ethyl adjacent to an activating group) is 2. The average molecular weight is 1170 g/mol. The molecule has 0 aliphatic rings. The number of ether oxygens (including phenoxy) is 6. The molecule has 0 radical (unpaired) electrons. The molecular weight excluding hydrogens is 1040 g/mol. The number of hydrogen-bond acceptors (Lipinski definition) is 14. The van der Waals surface area contributed by atoms with Crippen molar-refractivity contribution in [3.63, 3.8) is 0 Å². The van der Waals surface area contributed by atoms with Crippen LogP contribution < -0.4 is 0 Å². The molecule has 0 amide bonds. The van der Waals surface area contributed by atoms with E-state index in [0.29, 0.717) is 80.0 Å². The Labute approximate surface area is 500 Å². The Bertz CT molecular complexity index is 1490. The summed E-state index contributed by atoms with van der Waals surface area (Å²) in [6.45, 7) is 8.57. The van der Waals surface area contributed by atoms with Gasteiger partial charge in [-0.15, -0.1) is 0 Å². The summed E-state index contributed by atoms with van der Waals surface area (Å²) in [4.78, 5) is 75.4. The summed E-state index contributed by atoms with van der Waals surface area (Å²) in [6, 6.07) is 0. The molecule has 0 saturated carbocycles. The van der Waals surface area contributed by atoms with Crippen molar-refractivity contribution in [2.75, 3.05) is 68.6 Å². The highest BCUT2D eigenvalue weighted by atomic mass is 16.7. The molecule has 0 rings (SSSR count). The maximum absolute atomic E-state index is 13.0. The van der Waals surface area contributed by atoms with Gasteiger partial charge in [0.15, 0.2) is 0 Å². The minimum Gasteiger partial charge on any atom is -0.460 e. The van der Waals surface area contributed by atoms with Gasteiger partial charge in [0.2, 0.25) is 6.29 Å². The third-order valence-electron chi connectivity index (χ3n) is 15.0. The van der Waals surface area contributed by atoms with Crippen molar-refractivity contribution in [2.24, 2.45) is 0 Å². The fourth-order valence-corrected chi connectivity index (χ4v) is 9.63. The summed E-state index contributed by atoms with van der Waals surface area (Å²) in [5.41, 5.74) is 0. The number of carbonyl (C=O) groups excluding carboxylic acids is 6. The van der Waals surface area contributed by atoms with E-state index in [1.807, 2.05) is 42.3 Å². The Morgan fingerprint density at radius 1 is 0.305 bits per heavy atom. The van der Waals surface area contributed by atoms with Gasteiger partial charge in [0.25, 0.3) is 0 Å². The minimum absolute atomic E-state index is 0.120. The van der Waals surface area contributed by atoms with Gasteiger partial charge >= 0.3 is 35.8 Å². The van der Waals surface area contributed by atoms with Crippen LogP contribution in [-0.4, -0.2) is 154 Å². The van der Waals surface area contributed by atoms with Gasteiger partial charge < -0.3 is 47.6 Å². The van der Waals surface area contributed by atoms with E-state index in [9.17, 15) is 39.0 Å². The van der Waals surface area contributed by atoms with Gasteiger partial charge in [-0.1, -0.05) is 175 Å². The molecule has 2 N–H and O–H groups in total. The largest absolute Gasteiger partial charge is 0.460 e. The zero-order valence-corrected chi connectivity index (χ0v) is 54.1. The van der Waals surface area contributed by atoms with Gasteiger partial charge in [-0.2, -0.15) is 0 Å². The van der Waals surface area contributed by atoms with E-state index >= 15 is 0 Å². The van der Waals surface area contributed by atoms with Crippen molar-refractivity contribution >= 4 is 35.8 Å². The summed E-state index contributed by atoms with van der Waals surface area (Å²) in [6.07, 6.45) is 30.5. The Balaban J connectivity index is 4.57. The number of rotatable bonds is 58. The summed E-state index contributed by atoms with van der Waals surface area (Å²) in [5.74, 6) is -2.01. The molecule has 0 heterocycles. The number of carbonyl (C=O) groups is 6. The number of aliphatic hydroxyl groups is 2. The molecule has 0 aliphatic heterocycles.